The van der Waals surface area contributed by atoms with E-state index < -0.39 is 0 Å². The molecule has 1 aromatic carbocycles. The first-order valence-corrected chi connectivity index (χ1v) is 6.99. The topological polar surface area (TPSA) is 45.0 Å². The first-order valence-electron chi connectivity index (χ1n) is 6.17. The Morgan fingerprint density at radius 1 is 1.26 bits per heavy atom. The number of anilines is 1. The third-order valence-electron chi connectivity index (χ3n) is 2.47. The minimum absolute atomic E-state index is 0.148. The molecule has 98 valence electrons. The zero-order valence-corrected chi connectivity index (χ0v) is 11.8. The lowest BCUT2D eigenvalue weighted by Crippen LogP contribution is -2.08. The van der Waals surface area contributed by atoms with Crippen LogP contribution in [0.5, 0.6) is 5.75 Å². The van der Waals surface area contributed by atoms with E-state index in [-0.39, 0.29) is 6.10 Å². The fourth-order valence-electron chi connectivity index (χ4n) is 1.68. The second kappa shape index (κ2) is 6.26. The Labute approximate surface area is 117 Å². The van der Waals surface area contributed by atoms with Crippen LogP contribution >= 0.6 is 11.3 Å². The highest BCUT2D eigenvalue weighted by molar-refractivity contribution is 7.12. The van der Waals surface area contributed by atoms with Crippen molar-refractivity contribution in [2.24, 2.45) is 0 Å². The summed E-state index contributed by atoms with van der Waals surface area (Å²) in [6, 6.07) is 13.9. The normalized spacial score (nSPS) is 10.2. The molecule has 2 aromatic rings. The molecule has 0 aliphatic carbocycles. The number of nitrogens with one attached hydrogen (secondary N) is 1. The van der Waals surface area contributed by atoms with Gasteiger partial charge in [0.05, 0.1) is 11.8 Å². The van der Waals surface area contributed by atoms with Crippen molar-refractivity contribution in [2.45, 2.75) is 26.5 Å². The smallest absolute Gasteiger partial charge is 0.142 e. The molecule has 3 nitrogen and oxygen atoms in total. The van der Waals surface area contributed by atoms with Gasteiger partial charge in [0, 0.05) is 11.4 Å². The lowest BCUT2D eigenvalue weighted by atomic mass is 10.3. The van der Waals surface area contributed by atoms with Crippen molar-refractivity contribution in [3.63, 3.8) is 0 Å². The number of hydrogen-bond acceptors (Lipinski definition) is 4. The number of benzene rings is 1. The molecule has 19 heavy (non-hydrogen) atoms. The van der Waals surface area contributed by atoms with E-state index in [1.807, 2.05) is 50.2 Å². The summed E-state index contributed by atoms with van der Waals surface area (Å²) >= 11 is 1.51. The van der Waals surface area contributed by atoms with Crippen molar-refractivity contribution >= 4 is 17.0 Å². The number of ether oxygens (including phenoxy) is 1. The molecule has 0 aliphatic rings. The van der Waals surface area contributed by atoms with Crippen LogP contribution < -0.4 is 10.1 Å². The predicted octanol–water partition coefficient (Wildman–Crippen LogP) is 4.02. The molecule has 0 saturated carbocycles. The second-order valence-electron chi connectivity index (χ2n) is 4.39. The third kappa shape index (κ3) is 3.73. The van der Waals surface area contributed by atoms with Gasteiger partial charge in [0.25, 0.3) is 0 Å². The van der Waals surface area contributed by atoms with Gasteiger partial charge < -0.3 is 10.1 Å². The lowest BCUT2D eigenvalue weighted by molar-refractivity contribution is 0.243. The number of nitriles is 1. The Morgan fingerprint density at radius 3 is 2.74 bits per heavy atom. The summed E-state index contributed by atoms with van der Waals surface area (Å²) in [5.74, 6) is 0.856. The van der Waals surface area contributed by atoms with Crippen molar-refractivity contribution < 1.29 is 4.74 Å². The van der Waals surface area contributed by atoms with Gasteiger partial charge in [0.15, 0.2) is 0 Å². The first-order chi connectivity index (χ1) is 9.19. The maximum atomic E-state index is 8.80. The van der Waals surface area contributed by atoms with Crippen molar-refractivity contribution in [2.75, 3.05) is 5.32 Å². The molecule has 0 unspecified atom stereocenters. The summed E-state index contributed by atoms with van der Waals surface area (Å²) < 4.78 is 5.75. The largest absolute Gasteiger partial charge is 0.489 e. The fourth-order valence-corrected chi connectivity index (χ4v) is 2.43. The van der Waals surface area contributed by atoms with Crippen LogP contribution in [0, 0.1) is 11.3 Å². The van der Waals surface area contributed by atoms with E-state index in [9.17, 15) is 0 Å². The number of para-hydroxylation sites is 2. The van der Waals surface area contributed by atoms with Gasteiger partial charge in [0.1, 0.15) is 16.7 Å². The molecule has 0 bridgehead atoms. The molecule has 0 saturated heterocycles. The molecular weight excluding hydrogens is 256 g/mol. The quantitative estimate of drug-likeness (QED) is 0.894. The first kappa shape index (κ1) is 13.4. The molecule has 0 aliphatic heterocycles. The van der Waals surface area contributed by atoms with Crippen LogP contribution in [-0.2, 0) is 6.54 Å². The third-order valence-corrected chi connectivity index (χ3v) is 3.46. The molecule has 4 heteroatoms. The summed E-state index contributed by atoms with van der Waals surface area (Å²) in [4.78, 5) is 1.87. The lowest BCUT2D eigenvalue weighted by Gasteiger charge is -2.15. The number of rotatable bonds is 5. The Bertz CT molecular complexity index is 584. The average Bonchev–Trinajstić information content (AvgIpc) is 2.85. The molecule has 0 fully saturated rings. The molecule has 0 radical (unpaired) electrons. The Kier molecular flexibility index (Phi) is 4.43. The SMILES string of the molecule is CC(C)Oc1ccccc1NCc1ccc(C#N)s1. The molecular formula is C15H16N2OS. The zero-order chi connectivity index (χ0) is 13.7. The highest BCUT2D eigenvalue weighted by Gasteiger charge is 2.05. The number of hydrogen-bond donors (Lipinski definition) is 1. The van der Waals surface area contributed by atoms with Crippen LogP contribution in [0.3, 0.4) is 0 Å². The van der Waals surface area contributed by atoms with Gasteiger partial charge >= 0.3 is 0 Å². The van der Waals surface area contributed by atoms with E-state index in [0.29, 0.717) is 6.54 Å². The Balaban J connectivity index is 2.05. The van der Waals surface area contributed by atoms with E-state index in [2.05, 4.69) is 11.4 Å². The molecule has 1 N–H and O–H groups in total. The summed E-state index contributed by atoms with van der Waals surface area (Å²) in [5.41, 5.74) is 0.975. The van der Waals surface area contributed by atoms with Gasteiger partial charge in [-0.05, 0) is 38.1 Å². The van der Waals surface area contributed by atoms with E-state index in [1.54, 1.807) is 0 Å². The van der Waals surface area contributed by atoms with Gasteiger partial charge in [-0.3, -0.25) is 0 Å². The van der Waals surface area contributed by atoms with Crippen molar-refractivity contribution in [1.82, 2.24) is 0 Å². The highest BCUT2D eigenvalue weighted by Crippen LogP contribution is 2.26. The standard InChI is InChI=1S/C15H16N2OS/c1-11(2)18-15-6-4-3-5-14(15)17-10-13-8-7-12(9-16)19-13/h3-8,11,17H,10H2,1-2H3. The van der Waals surface area contributed by atoms with E-state index in [4.69, 9.17) is 10.00 Å². The summed E-state index contributed by atoms with van der Waals surface area (Å²) in [6.45, 7) is 4.72. The Hall–Kier alpha value is -1.99. The molecule has 2 rings (SSSR count). The predicted molar refractivity (Wildman–Crippen MR) is 78.6 cm³/mol. The summed E-state index contributed by atoms with van der Waals surface area (Å²) in [5, 5.41) is 12.1. The van der Waals surface area contributed by atoms with Crippen LogP contribution in [0.4, 0.5) is 5.69 Å². The molecule has 1 heterocycles. The minimum Gasteiger partial charge on any atom is -0.489 e. The highest BCUT2D eigenvalue weighted by atomic mass is 32.1. The molecule has 0 atom stereocenters. The monoisotopic (exact) mass is 272 g/mol. The van der Waals surface area contributed by atoms with Gasteiger partial charge in [-0.25, -0.2) is 0 Å². The zero-order valence-electron chi connectivity index (χ0n) is 11.0. The minimum atomic E-state index is 0.148. The van der Waals surface area contributed by atoms with Crippen LogP contribution in [0.15, 0.2) is 36.4 Å². The van der Waals surface area contributed by atoms with Gasteiger partial charge in [-0.15, -0.1) is 11.3 Å². The molecule has 1 aromatic heterocycles. The van der Waals surface area contributed by atoms with Gasteiger partial charge in [-0.1, -0.05) is 12.1 Å². The van der Waals surface area contributed by atoms with Crippen LogP contribution in [0.1, 0.15) is 23.6 Å². The van der Waals surface area contributed by atoms with E-state index in [1.165, 1.54) is 11.3 Å². The van der Waals surface area contributed by atoms with Crippen LogP contribution in [0.2, 0.25) is 0 Å². The van der Waals surface area contributed by atoms with E-state index >= 15 is 0 Å². The maximum Gasteiger partial charge on any atom is 0.142 e. The van der Waals surface area contributed by atoms with Crippen molar-refractivity contribution in [3.8, 4) is 11.8 Å². The number of thiophene rings is 1. The van der Waals surface area contributed by atoms with Crippen molar-refractivity contribution in [1.29, 1.82) is 5.26 Å². The van der Waals surface area contributed by atoms with Crippen molar-refractivity contribution in [3.05, 3.63) is 46.2 Å². The Morgan fingerprint density at radius 2 is 2.05 bits per heavy atom. The fraction of sp³-hybridized carbons (Fsp3) is 0.267. The summed E-state index contributed by atoms with van der Waals surface area (Å²) in [6.07, 6.45) is 0.148. The van der Waals surface area contributed by atoms with E-state index in [0.717, 1.165) is 21.2 Å². The van der Waals surface area contributed by atoms with Crippen LogP contribution in [0.25, 0.3) is 0 Å². The maximum absolute atomic E-state index is 8.80. The molecule has 0 spiro atoms. The summed E-state index contributed by atoms with van der Waals surface area (Å²) in [7, 11) is 0. The average molecular weight is 272 g/mol. The van der Waals surface area contributed by atoms with Gasteiger partial charge in [0.2, 0.25) is 0 Å². The van der Waals surface area contributed by atoms with Crippen LogP contribution in [-0.4, -0.2) is 6.10 Å². The van der Waals surface area contributed by atoms with Gasteiger partial charge in [-0.2, -0.15) is 5.26 Å². The second-order valence-corrected chi connectivity index (χ2v) is 5.56. The number of nitrogens with zero attached hydrogens (tertiary/aromatic N) is 1. The molecule has 0 amide bonds.